The summed E-state index contributed by atoms with van der Waals surface area (Å²) in [7, 11) is -1.90. The molecular weight excluding hydrogens is 356 g/mol. The number of benzene rings is 3. The lowest BCUT2D eigenvalue weighted by Crippen LogP contribution is -2.50. The highest BCUT2D eigenvalue weighted by atomic mass is 28.3. The number of aliphatic hydroxyl groups is 1. The van der Waals surface area contributed by atoms with Crippen LogP contribution >= 0.6 is 0 Å². The molecule has 0 saturated carbocycles. The van der Waals surface area contributed by atoms with Crippen molar-refractivity contribution in [3.05, 3.63) is 102 Å². The topological polar surface area (TPSA) is 20.2 Å². The van der Waals surface area contributed by atoms with Crippen LogP contribution in [0.25, 0.3) is 0 Å². The Balaban J connectivity index is 2.10. The van der Waals surface area contributed by atoms with Crippen molar-refractivity contribution in [1.29, 1.82) is 0 Å². The number of rotatable bonds is 7. The molecule has 0 fully saturated rings. The summed E-state index contributed by atoms with van der Waals surface area (Å²) in [5.41, 5.74) is 1.80. The Labute approximate surface area is 171 Å². The first-order chi connectivity index (χ1) is 13.4. The second kappa shape index (κ2) is 8.46. The molecule has 3 rings (SSSR count). The Hall–Kier alpha value is -2.16. The Morgan fingerprint density at radius 2 is 1.21 bits per heavy atom. The van der Waals surface area contributed by atoms with Crippen LogP contribution in [0, 0.1) is 5.92 Å². The minimum atomic E-state index is -1.90. The summed E-state index contributed by atoms with van der Waals surface area (Å²) in [5, 5.41) is 13.4. The van der Waals surface area contributed by atoms with E-state index >= 15 is 0 Å². The SMILES string of the molecule is CC(C)[C@@](O)(C[C@H](c1ccccc1)[Si](C)(C)c1ccccc1)c1ccccc1. The molecule has 2 atom stereocenters. The summed E-state index contributed by atoms with van der Waals surface area (Å²) >= 11 is 0. The van der Waals surface area contributed by atoms with E-state index in [9.17, 15) is 5.11 Å². The fraction of sp³-hybridized carbons (Fsp3) is 0.308. The van der Waals surface area contributed by atoms with Crippen molar-refractivity contribution in [3.8, 4) is 0 Å². The molecule has 0 aromatic heterocycles. The van der Waals surface area contributed by atoms with E-state index in [-0.39, 0.29) is 5.92 Å². The first-order valence-electron chi connectivity index (χ1n) is 10.2. The van der Waals surface area contributed by atoms with E-state index in [1.54, 1.807) is 0 Å². The minimum absolute atomic E-state index is 0.127. The van der Waals surface area contributed by atoms with Crippen molar-refractivity contribution in [2.75, 3.05) is 0 Å². The van der Waals surface area contributed by atoms with Gasteiger partial charge in [-0.3, -0.25) is 0 Å². The molecule has 1 N–H and O–H groups in total. The van der Waals surface area contributed by atoms with Gasteiger partial charge < -0.3 is 5.11 Å². The maximum Gasteiger partial charge on any atom is 0.0922 e. The molecule has 0 aliphatic rings. The van der Waals surface area contributed by atoms with Gasteiger partial charge in [-0.2, -0.15) is 0 Å². The Bertz CT molecular complexity index is 859. The fourth-order valence-corrected chi connectivity index (χ4v) is 7.57. The predicted octanol–water partition coefficient (Wildman–Crippen LogP) is 5.86. The highest BCUT2D eigenvalue weighted by Crippen LogP contribution is 2.42. The Morgan fingerprint density at radius 3 is 1.71 bits per heavy atom. The van der Waals surface area contributed by atoms with Gasteiger partial charge in [0, 0.05) is 0 Å². The maximum absolute atomic E-state index is 11.9. The molecule has 0 aliphatic heterocycles. The first kappa shape index (κ1) is 20.6. The van der Waals surface area contributed by atoms with E-state index in [1.165, 1.54) is 10.8 Å². The lowest BCUT2D eigenvalue weighted by atomic mass is 9.79. The van der Waals surface area contributed by atoms with Crippen LogP contribution in [0.1, 0.15) is 36.9 Å². The van der Waals surface area contributed by atoms with E-state index in [2.05, 4.69) is 99.7 Å². The highest BCUT2D eigenvalue weighted by molar-refractivity contribution is 6.90. The number of hydrogen-bond acceptors (Lipinski definition) is 1. The third kappa shape index (κ3) is 4.13. The Kier molecular flexibility index (Phi) is 6.22. The quantitative estimate of drug-likeness (QED) is 0.503. The van der Waals surface area contributed by atoms with Gasteiger partial charge in [-0.05, 0) is 29.0 Å². The van der Waals surface area contributed by atoms with Crippen molar-refractivity contribution in [2.45, 2.75) is 44.5 Å². The van der Waals surface area contributed by atoms with Gasteiger partial charge in [-0.25, -0.2) is 0 Å². The molecule has 0 radical (unpaired) electrons. The molecule has 3 aromatic carbocycles. The van der Waals surface area contributed by atoms with Crippen LogP contribution in [0.15, 0.2) is 91.0 Å². The molecule has 0 aliphatic carbocycles. The van der Waals surface area contributed by atoms with Crippen LogP contribution in [0.3, 0.4) is 0 Å². The molecule has 28 heavy (non-hydrogen) atoms. The third-order valence-electron chi connectivity index (χ3n) is 6.34. The predicted molar refractivity (Wildman–Crippen MR) is 123 cm³/mol. The second-order valence-corrected chi connectivity index (χ2v) is 13.4. The van der Waals surface area contributed by atoms with E-state index in [0.29, 0.717) is 5.54 Å². The van der Waals surface area contributed by atoms with Crippen LogP contribution in [0.5, 0.6) is 0 Å². The van der Waals surface area contributed by atoms with E-state index in [0.717, 1.165) is 12.0 Å². The summed E-state index contributed by atoms with van der Waals surface area (Å²) in [5.74, 6) is 0.127. The van der Waals surface area contributed by atoms with Crippen LogP contribution in [0.2, 0.25) is 13.1 Å². The van der Waals surface area contributed by atoms with Gasteiger partial charge in [-0.15, -0.1) is 0 Å². The average Bonchev–Trinajstić information content (AvgIpc) is 2.73. The van der Waals surface area contributed by atoms with E-state index in [4.69, 9.17) is 0 Å². The standard InChI is InChI=1S/C26H32OSi/c1-21(2)26(27,23-16-10-6-11-17-23)20-25(22-14-8-5-9-15-22)28(3,4)24-18-12-7-13-19-24/h5-19,21,25,27H,20H2,1-4H3/t25-,26+/m1/s1. The maximum atomic E-state index is 11.9. The zero-order chi connectivity index (χ0) is 20.2. The number of hydrogen-bond donors (Lipinski definition) is 1. The summed E-state index contributed by atoms with van der Waals surface area (Å²) in [4.78, 5) is 0. The molecule has 3 aromatic rings. The van der Waals surface area contributed by atoms with Crippen LogP contribution in [0.4, 0.5) is 0 Å². The minimum Gasteiger partial charge on any atom is -0.385 e. The molecule has 0 amide bonds. The molecular formula is C26H32OSi. The molecule has 0 bridgehead atoms. The van der Waals surface area contributed by atoms with Crippen molar-refractivity contribution >= 4 is 13.3 Å². The average molecular weight is 389 g/mol. The summed E-state index contributed by atoms with van der Waals surface area (Å²) in [6.07, 6.45) is 0.729. The van der Waals surface area contributed by atoms with Crippen LogP contribution in [-0.4, -0.2) is 13.2 Å². The van der Waals surface area contributed by atoms with Gasteiger partial charge >= 0.3 is 0 Å². The van der Waals surface area contributed by atoms with Crippen molar-refractivity contribution in [3.63, 3.8) is 0 Å². The summed E-state index contributed by atoms with van der Waals surface area (Å²) in [6, 6.07) is 31.9. The lowest BCUT2D eigenvalue weighted by Gasteiger charge is -2.42. The van der Waals surface area contributed by atoms with Crippen molar-refractivity contribution in [1.82, 2.24) is 0 Å². The lowest BCUT2D eigenvalue weighted by molar-refractivity contribution is -0.0200. The van der Waals surface area contributed by atoms with Gasteiger partial charge in [0.05, 0.1) is 13.7 Å². The fourth-order valence-electron chi connectivity index (χ4n) is 4.27. The van der Waals surface area contributed by atoms with Crippen molar-refractivity contribution in [2.24, 2.45) is 5.92 Å². The van der Waals surface area contributed by atoms with Crippen molar-refractivity contribution < 1.29 is 5.11 Å². The summed E-state index contributed by atoms with van der Waals surface area (Å²) in [6.45, 7) is 9.13. The molecule has 0 spiro atoms. The third-order valence-corrected chi connectivity index (χ3v) is 10.4. The van der Waals surface area contributed by atoms with Gasteiger partial charge in [0.15, 0.2) is 0 Å². The first-order valence-corrected chi connectivity index (χ1v) is 13.3. The van der Waals surface area contributed by atoms with E-state index in [1.807, 2.05) is 18.2 Å². The molecule has 2 heteroatoms. The smallest absolute Gasteiger partial charge is 0.0922 e. The molecule has 0 heterocycles. The molecule has 0 unspecified atom stereocenters. The molecule has 0 saturated heterocycles. The highest BCUT2D eigenvalue weighted by Gasteiger charge is 2.43. The molecule has 146 valence electrons. The Morgan fingerprint density at radius 1 is 0.750 bits per heavy atom. The van der Waals surface area contributed by atoms with Crippen LogP contribution in [-0.2, 0) is 5.60 Å². The largest absolute Gasteiger partial charge is 0.385 e. The second-order valence-electron chi connectivity index (χ2n) is 8.70. The monoisotopic (exact) mass is 388 g/mol. The zero-order valence-corrected chi connectivity index (χ0v) is 18.5. The van der Waals surface area contributed by atoms with E-state index < -0.39 is 13.7 Å². The van der Waals surface area contributed by atoms with Gasteiger partial charge in [0.1, 0.15) is 0 Å². The molecule has 1 nitrogen and oxygen atoms in total. The zero-order valence-electron chi connectivity index (χ0n) is 17.5. The van der Waals surface area contributed by atoms with Gasteiger partial charge in [0.2, 0.25) is 0 Å². The normalized spacial score (nSPS) is 15.2. The van der Waals surface area contributed by atoms with Crippen LogP contribution < -0.4 is 5.19 Å². The van der Waals surface area contributed by atoms with Gasteiger partial charge in [-0.1, -0.05) is 123 Å². The summed E-state index contributed by atoms with van der Waals surface area (Å²) < 4.78 is 0. The van der Waals surface area contributed by atoms with Gasteiger partial charge in [0.25, 0.3) is 0 Å².